The van der Waals surface area contributed by atoms with E-state index in [4.69, 9.17) is 9.84 Å². The summed E-state index contributed by atoms with van der Waals surface area (Å²) >= 11 is 0. The maximum Gasteiger partial charge on any atom is 0.407 e. The van der Waals surface area contributed by atoms with E-state index in [1.807, 2.05) is 24.3 Å². The first-order valence-corrected chi connectivity index (χ1v) is 10.5. The number of carboxylic acids is 1. The van der Waals surface area contributed by atoms with Gasteiger partial charge in [0.2, 0.25) is 5.91 Å². The fourth-order valence-corrected chi connectivity index (χ4v) is 3.80. The predicted octanol–water partition coefficient (Wildman–Crippen LogP) is 3.53. The lowest BCUT2D eigenvalue weighted by Crippen LogP contribution is -2.41. The standard InChI is InChI=1S/C24H28N2O5/c1-15(22(27)26-16(2)23(28)29)8-7-13-25-24(30)31-14-21-19-11-5-3-9-17(19)18-10-4-6-12-20(18)21/h3-6,9-12,15-16,21H,7-8,13-14H2,1-2H3,(H,25,30)(H,26,27)(H,28,29)/t15?,16-/m1/s1. The highest BCUT2D eigenvalue weighted by Crippen LogP contribution is 2.44. The summed E-state index contributed by atoms with van der Waals surface area (Å²) in [6, 6.07) is 15.4. The summed E-state index contributed by atoms with van der Waals surface area (Å²) in [5, 5.41) is 14.0. The highest BCUT2D eigenvalue weighted by atomic mass is 16.5. The molecule has 0 saturated heterocycles. The van der Waals surface area contributed by atoms with E-state index < -0.39 is 18.1 Å². The molecule has 0 heterocycles. The number of carbonyl (C=O) groups excluding carboxylic acids is 2. The molecule has 3 N–H and O–H groups in total. The zero-order valence-corrected chi connectivity index (χ0v) is 17.8. The third-order valence-electron chi connectivity index (χ3n) is 5.60. The molecule has 0 saturated carbocycles. The summed E-state index contributed by atoms with van der Waals surface area (Å²) in [5.74, 6) is -1.71. The Bertz CT molecular complexity index is 913. The number of nitrogens with one attached hydrogen (secondary N) is 2. The van der Waals surface area contributed by atoms with Crippen molar-refractivity contribution in [2.75, 3.05) is 13.2 Å². The van der Waals surface area contributed by atoms with Gasteiger partial charge in [0.05, 0.1) is 0 Å². The highest BCUT2D eigenvalue weighted by molar-refractivity contribution is 5.84. The summed E-state index contributed by atoms with van der Waals surface area (Å²) in [4.78, 5) is 34.9. The van der Waals surface area contributed by atoms with Gasteiger partial charge in [0.25, 0.3) is 0 Å². The van der Waals surface area contributed by atoms with Crippen molar-refractivity contribution in [1.29, 1.82) is 0 Å². The predicted molar refractivity (Wildman–Crippen MR) is 117 cm³/mol. The summed E-state index contributed by atoms with van der Waals surface area (Å²) in [6.07, 6.45) is 0.626. The van der Waals surface area contributed by atoms with E-state index in [9.17, 15) is 14.4 Å². The monoisotopic (exact) mass is 424 g/mol. The van der Waals surface area contributed by atoms with E-state index >= 15 is 0 Å². The molecule has 164 valence electrons. The largest absolute Gasteiger partial charge is 0.480 e. The molecule has 1 aliphatic rings. The van der Waals surface area contributed by atoms with Gasteiger partial charge in [-0.05, 0) is 42.0 Å². The van der Waals surface area contributed by atoms with E-state index in [1.54, 1.807) is 6.92 Å². The number of fused-ring (bicyclic) bond motifs is 3. The van der Waals surface area contributed by atoms with Gasteiger partial charge in [0, 0.05) is 18.4 Å². The molecule has 0 aliphatic heterocycles. The molecule has 0 spiro atoms. The molecule has 31 heavy (non-hydrogen) atoms. The van der Waals surface area contributed by atoms with Crippen LogP contribution in [0.3, 0.4) is 0 Å². The molecule has 7 nitrogen and oxygen atoms in total. The van der Waals surface area contributed by atoms with E-state index in [0.717, 1.165) is 11.1 Å². The minimum atomic E-state index is -1.07. The molecule has 2 aromatic carbocycles. The fourth-order valence-electron chi connectivity index (χ4n) is 3.80. The first kappa shape index (κ1) is 22.3. The quantitative estimate of drug-likeness (QED) is 0.534. The Hall–Kier alpha value is -3.35. The van der Waals surface area contributed by atoms with Crippen LogP contribution in [0, 0.1) is 5.92 Å². The number of carboxylic acid groups (broad SMARTS) is 1. The van der Waals surface area contributed by atoms with E-state index in [2.05, 4.69) is 34.9 Å². The van der Waals surface area contributed by atoms with Crippen LogP contribution in [0.1, 0.15) is 43.7 Å². The van der Waals surface area contributed by atoms with Crippen LogP contribution in [0.4, 0.5) is 4.79 Å². The Morgan fingerprint density at radius 1 is 1.00 bits per heavy atom. The van der Waals surface area contributed by atoms with Crippen LogP contribution in [0.25, 0.3) is 11.1 Å². The zero-order valence-electron chi connectivity index (χ0n) is 17.8. The van der Waals surface area contributed by atoms with Crippen LogP contribution < -0.4 is 10.6 Å². The number of benzene rings is 2. The third-order valence-corrected chi connectivity index (χ3v) is 5.60. The average Bonchev–Trinajstić information content (AvgIpc) is 3.08. The Labute approximate surface area is 181 Å². The van der Waals surface area contributed by atoms with Crippen LogP contribution in [0.15, 0.2) is 48.5 Å². The fraction of sp³-hybridized carbons (Fsp3) is 0.375. The minimum Gasteiger partial charge on any atom is -0.480 e. The van der Waals surface area contributed by atoms with Gasteiger partial charge in [-0.25, -0.2) is 4.79 Å². The average molecular weight is 424 g/mol. The van der Waals surface area contributed by atoms with Gasteiger partial charge in [-0.2, -0.15) is 0 Å². The number of amides is 2. The number of ether oxygens (including phenoxy) is 1. The minimum absolute atomic E-state index is 0.0121. The Morgan fingerprint density at radius 2 is 1.58 bits per heavy atom. The van der Waals surface area contributed by atoms with Crippen LogP contribution in [-0.2, 0) is 14.3 Å². The van der Waals surface area contributed by atoms with Crippen molar-refractivity contribution in [3.8, 4) is 11.1 Å². The highest BCUT2D eigenvalue weighted by Gasteiger charge is 2.29. The second-order valence-corrected chi connectivity index (χ2v) is 7.86. The van der Waals surface area contributed by atoms with Crippen LogP contribution in [-0.4, -0.2) is 42.3 Å². The molecule has 0 aromatic heterocycles. The molecule has 0 fully saturated rings. The van der Waals surface area contributed by atoms with E-state index in [1.165, 1.54) is 18.1 Å². The normalized spacial score (nSPS) is 14.1. The van der Waals surface area contributed by atoms with Crippen molar-refractivity contribution < 1.29 is 24.2 Å². The first-order chi connectivity index (χ1) is 14.9. The van der Waals surface area contributed by atoms with Gasteiger partial charge in [-0.15, -0.1) is 0 Å². The van der Waals surface area contributed by atoms with Crippen molar-refractivity contribution in [2.24, 2.45) is 5.92 Å². The number of hydrogen-bond acceptors (Lipinski definition) is 4. The van der Waals surface area contributed by atoms with Gasteiger partial charge in [-0.1, -0.05) is 55.5 Å². The molecule has 0 bridgehead atoms. The third kappa shape index (κ3) is 5.42. The maximum absolute atomic E-state index is 12.1. The van der Waals surface area contributed by atoms with Gasteiger partial charge < -0.3 is 20.5 Å². The van der Waals surface area contributed by atoms with Crippen LogP contribution >= 0.6 is 0 Å². The zero-order chi connectivity index (χ0) is 22.4. The Morgan fingerprint density at radius 3 is 2.16 bits per heavy atom. The van der Waals surface area contributed by atoms with Crippen LogP contribution in [0.2, 0.25) is 0 Å². The number of aliphatic carboxylic acids is 1. The number of hydrogen-bond donors (Lipinski definition) is 3. The van der Waals surface area contributed by atoms with Crippen LogP contribution in [0.5, 0.6) is 0 Å². The molecular weight excluding hydrogens is 396 g/mol. The molecular formula is C24H28N2O5. The lowest BCUT2D eigenvalue weighted by Gasteiger charge is -2.16. The summed E-state index contributed by atoms with van der Waals surface area (Å²) in [7, 11) is 0. The second kappa shape index (κ2) is 10.1. The van der Waals surface area contributed by atoms with Crippen molar-refractivity contribution in [2.45, 2.75) is 38.6 Å². The number of alkyl carbamates (subject to hydrolysis) is 1. The molecule has 1 unspecified atom stereocenters. The van der Waals surface area contributed by atoms with Crippen molar-refractivity contribution in [3.63, 3.8) is 0 Å². The van der Waals surface area contributed by atoms with Crippen molar-refractivity contribution in [1.82, 2.24) is 10.6 Å². The molecule has 1 aliphatic carbocycles. The smallest absolute Gasteiger partial charge is 0.407 e. The lowest BCUT2D eigenvalue weighted by molar-refractivity contribution is -0.141. The van der Waals surface area contributed by atoms with Crippen molar-refractivity contribution in [3.05, 3.63) is 59.7 Å². The van der Waals surface area contributed by atoms with Crippen molar-refractivity contribution >= 4 is 18.0 Å². The summed E-state index contributed by atoms with van der Waals surface area (Å²) < 4.78 is 5.48. The summed E-state index contributed by atoms with van der Waals surface area (Å²) in [6.45, 7) is 3.79. The number of rotatable bonds is 9. The molecule has 0 radical (unpaired) electrons. The summed E-state index contributed by atoms with van der Waals surface area (Å²) in [5.41, 5.74) is 4.67. The second-order valence-electron chi connectivity index (χ2n) is 7.86. The van der Waals surface area contributed by atoms with Gasteiger partial charge in [0.15, 0.2) is 0 Å². The molecule has 2 amide bonds. The maximum atomic E-state index is 12.1. The number of carbonyl (C=O) groups is 3. The lowest BCUT2D eigenvalue weighted by atomic mass is 9.98. The van der Waals surface area contributed by atoms with Gasteiger partial charge >= 0.3 is 12.1 Å². The Kier molecular flexibility index (Phi) is 7.28. The van der Waals surface area contributed by atoms with E-state index in [-0.39, 0.29) is 24.3 Å². The molecule has 2 atom stereocenters. The SMILES string of the molecule is CC(CCCNC(=O)OCC1c2ccccc2-c2ccccc21)C(=O)N[C@H](C)C(=O)O. The molecule has 2 aromatic rings. The topological polar surface area (TPSA) is 105 Å². The Balaban J connectivity index is 1.42. The van der Waals surface area contributed by atoms with Gasteiger partial charge in [-0.3, -0.25) is 9.59 Å². The molecule has 7 heteroatoms. The van der Waals surface area contributed by atoms with E-state index in [0.29, 0.717) is 19.4 Å². The van der Waals surface area contributed by atoms with Gasteiger partial charge in [0.1, 0.15) is 12.6 Å². The first-order valence-electron chi connectivity index (χ1n) is 10.5. The molecule has 3 rings (SSSR count).